The molecular formula is C14H13BO2. The maximum absolute atomic E-state index is 10.4. The van der Waals surface area contributed by atoms with Crippen molar-refractivity contribution < 1.29 is 9.76 Å². The van der Waals surface area contributed by atoms with Crippen LogP contribution in [0.5, 0.6) is 0 Å². The van der Waals surface area contributed by atoms with Crippen LogP contribution in [0.1, 0.15) is 11.1 Å². The molecule has 2 aliphatic rings. The Morgan fingerprint density at radius 1 is 0.941 bits per heavy atom. The highest BCUT2D eigenvalue weighted by molar-refractivity contribution is 6.79. The molecule has 3 heteroatoms. The molecule has 2 aromatic carbocycles. The molecular weight excluding hydrogens is 211 g/mol. The van der Waals surface area contributed by atoms with Gasteiger partial charge in [-0.3, -0.25) is 0 Å². The van der Waals surface area contributed by atoms with E-state index in [1.807, 2.05) is 48.5 Å². The maximum atomic E-state index is 10.4. The van der Waals surface area contributed by atoms with Crippen molar-refractivity contribution in [2.24, 2.45) is 0 Å². The van der Waals surface area contributed by atoms with Crippen molar-refractivity contribution >= 4 is 17.8 Å². The molecule has 0 spiro atoms. The van der Waals surface area contributed by atoms with Crippen LogP contribution in [0.15, 0.2) is 48.5 Å². The molecule has 2 heterocycles. The van der Waals surface area contributed by atoms with Gasteiger partial charge < -0.3 is 9.76 Å². The molecule has 0 saturated carbocycles. The minimum atomic E-state index is -0.568. The zero-order valence-electron chi connectivity index (χ0n) is 9.47. The molecule has 1 N–H and O–H groups in total. The molecule has 0 unspecified atom stereocenters. The lowest BCUT2D eigenvalue weighted by Gasteiger charge is -2.16. The summed E-state index contributed by atoms with van der Waals surface area (Å²) in [6, 6.07) is 15.8. The Morgan fingerprint density at radius 2 is 1.71 bits per heavy atom. The van der Waals surface area contributed by atoms with Gasteiger partial charge in [-0.25, -0.2) is 0 Å². The lowest BCUT2D eigenvalue weighted by atomic mass is 9.54. The predicted octanol–water partition coefficient (Wildman–Crippen LogP) is 0.815. The van der Waals surface area contributed by atoms with Gasteiger partial charge >= 0.3 is 6.92 Å². The Hall–Kier alpha value is -1.58. The molecule has 2 aromatic rings. The van der Waals surface area contributed by atoms with Crippen molar-refractivity contribution in [2.45, 2.75) is 13.2 Å². The molecule has 4 rings (SSSR count). The SMILES string of the molecule is OB1c2ccc(cc2)COCc2ccccc21. The van der Waals surface area contributed by atoms with Crippen LogP contribution in [0.25, 0.3) is 0 Å². The second-order valence-electron chi connectivity index (χ2n) is 4.34. The topological polar surface area (TPSA) is 29.5 Å². The van der Waals surface area contributed by atoms with Crippen LogP contribution >= 0.6 is 0 Å². The minimum absolute atomic E-state index is 0.547. The van der Waals surface area contributed by atoms with E-state index in [1.54, 1.807) is 0 Å². The monoisotopic (exact) mass is 224 g/mol. The van der Waals surface area contributed by atoms with E-state index in [0.29, 0.717) is 13.2 Å². The van der Waals surface area contributed by atoms with Crippen molar-refractivity contribution in [1.82, 2.24) is 0 Å². The molecule has 2 aliphatic heterocycles. The number of hydrogen-bond donors (Lipinski definition) is 1. The van der Waals surface area contributed by atoms with E-state index in [0.717, 1.165) is 22.1 Å². The molecule has 2 bridgehead atoms. The lowest BCUT2D eigenvalue weighted by molar-refractivity contribution is 0.107. The fourth-order valence-electron chi connectivity index (χ4n) is 2.19. The highest BCUT2D eigenvalue weighted by Crippen LogP contribution is 2.07. The zero-order valence-corrected chi connectivity index (χ0v) is 9.47. The fourth-order valence-corrected chi connectivity index (χ4v) is 2.19. The minimum Gasteiger partial charge on any atom is -0.443 e. The van der Waals surface area contributed by atoms with Crippen molar-refractivity contribution in [3.05, 3.63) is 59.7 Å². The summed E-state index contributed by atoms with van der Waals surface area (Å²) >= 11 is 0. The average molecular weight is 224 g/mol. The predicted molar refractivity (Wildman–Crippen MR) is 68.6 cm³/mol. The average Bonchev–Trinajstić information content (AvgIpc) is 2.39. The first-order valence-corrected chi connectivity index (χ1v) is 5.77. The van der Waals surface area contributed by atoms with Crippen molar-refractivity contribution in [3.8, 4) is 0 Å². The second kappa shape index (κ2) is 4.36. The summed E-state index contributed by atoms with van der Waals surface area (Å²) in [6.07, 6.45) is 0. The maximum Gasteiger partial charge on any atom is 0.359 e. The molecule has 2 nitrogen and oxygen atoms in total. The van der Waals surface area contributed by atoms with Gasteiger partial charge in [0.05, 0.1) is 13.2 Å². The molecule has 0 radical (unpaired) electrons. The van der Waals surface area contributed by atoms with Crippen LogP contribution in [-0.2, 0) is 18.0 Å². The van der Waals surface area contributed by atoms with Crippen molar-refractivity contribution in [2.75, 3.05) is 0 Å². The third-order valence-electron chi connectivity index (χ3n) is 3.17. The van der Waals surface area contributed by atoms with E-state index in [1.165, 1.54) is 0 Å². The van der Waals surface area contributed by atoms with Gasteiger partial charge in [0, 0.05) is 0 Å². The highest BCUT2D eigenvalue weighted by atomic mass is 16.5. The van der Waals surface area contributed by atoms with Gasteiger partial charge in [-0.1, -0.05) is 48.5 Å². The number of rotatable bonds is 0. The normalized spacial score (nSPS) is 14.5. The molecule has 17 heavy (non-hydrogen) atoms. The summed E-state index contributed by atoms with van der Waals surface area (Å²) in [5.74, 6) is 0. The fraction of sp³-hybridized carbons (Fsp3) is 0.143. The second-order valence-corrected chi connectivity index (χ2v) is 4.34. The van der Waals surface area contributed by atoms with Gasteiger partial charge in [0.1, 0.15) is 0 Å². The van der Waals surface area contributed by atoms with Gasteiger partial charge in [-0.2, -0.15) is 0 Å². The van der Waals surface area contributed by atoms with Crippen LogP contribution in [0.3, 0.4) is 0 Å². The summed E-state index contributed by atoms with van der Waals surface area (Å²) in [6.45, 7) is 0.595. The number of fused-ring (bicyclic) bond motifs is 4. The number of ether oxygens (including phenoxy) is 1. The first-order valence-electron chi connectivity index (χ1n) is 5.77. The lowest BCUT2D eigenvalue weighted by Crippen LogP contribution is -2.44. The molecule has 0 amide bonds. The Bertz CT molecular complexity index is 522. The zero-order chi connectivity index (χ0) is 11.7. The van der Waals surface area contributed by atoms with Crippen LogP contribution in [0.4, 0.5) is 0 Å². The molecule has 0 saturated heterocycles. The van der Waals surface area contributed by atoms with E-state index >= 15 is 0 Å². The first-order chi connectivity index (χ1) is 8.34. The summed E-state index contributed by atoms with van der Waals surface area (Å²) in [7, 11) is 0. The Labute approximate surface area is 101 Å². The third kappa shape index (κ3) is 1.99. The van der Waals surface area contributed by atoms with Gasteiger partial charge in [-0.15, -0.1) is 0 Å². The van der Waals surface area contributed by atoms with E-state index in [4.69, 9.17) is 4.74 Å². The summed E-state index contributed by atoms with van der Waals surface area (Å²) in [5.41, 5.74) is 4.06. The standard InChI is InChI=1S/C14H13BO2/c16-15-13-7-5-11(6-8-13)9-17-10-12-3-1-2-4-14(12)15/h1-8,16H,9-10H2. The van der Waals surface area contributed by atoms with Crippen LogP contribution in [0.2, 0.25) is 0 Å². The van der Waals surface area contributed by atoms with Crippen LogP contribution in [0, 0.1) is 0 Å². The largest absolute Gasteiger partial charge is 0.443 e. The molecule has 0 fully saturated rings. The van der Waals surface area contributed by atoms with Gasteiger partial charge in [-0.05, 0) is 22.1 Å². The molecule has 0 atom stereocenters. The van der Waals surface area contributed by atoms with Crippen molar-refractivity contribution in [3.63, 3.8) is 0 Å². The molecule has 0 aromatic heterocycles. The third-order valence-corrected chi connectivity index (χ3v) is 3.17. The highest BCUT2D eigenvalue weighted by Gasteiger charge is 2.20. The van der Waals surface area contributed by atoms with Gasteiger partial charge in [0.15, 0.2) is 0 Å². The Morgan fingerprint density at radius 3 is 2.53 bits per heavy atom. The van der Waals surface area contributed by atoms with E-state index < -0.39 is 6.92 Å². The number of benzene rings is 2. The van der Waals surface area contributed by atoms with Crippen molar-refractivity contribution in [1.29, 1.82) is 0 Å². The molecule has 84 valence electrons. The number of hydrogen-bond acceptors (Lipinski definition) is 2. The van der Waals surface area contributed by atoms with Crippen LogP contribution < -0.4 is 10.9 Å². The van der Waals surface area contributed by atoms with E-state index in [2.05, 4.69) is 0 Å². The van der Waals surface area contributed by atoms with Gasteiger partial charge in [0.2, 0.25) is 0 Å². The summed E-state index contributed by atoms with van der Waals surface area (Å²) in [4.78, 5) is 0. The first kappa shape index (κ1) is 10.6. The Balaban J connectivity index is 2.12. The summed E-state index contributed by atoms with van der Waals surface area (Å²) in [5, 5.41) is 10.4. The Kier molecular flexibility index (Phi) is 2.71. The van der Waals surface area contributed by atoms with Crippen LogP contribution in [-0.4, -0.2) is 11.9 Å². The van der Waals surface area contributed by atoms with E-state index in [9.17, 15) is 5.02 Å². The van der Waals surface area contributed by atoms with E-state index in [-0.39, 0.29) is 0 Å². The van der Waals surface area contributed by atoms with Gasteiger partial charge in [0.25, 0.3) is 0 Å². The molecule has 0 aliphatic carbocycles. The quantitative estimate of drug-likeness (QED) is 0.671. The summed E-state index contributed by atoms with van der Waals surface area (Å²) < 4.78 is 5.65. The smallest absolute Gasteiger partial charge is 0.359 e.